The fourth-order valence-corrected chi connectivity index (χ4v) is 4.00. The largest absolute Gasteiger partial charge is 0.497 e. The quantitative estimate of drug-likeness (QED) is 0.363. The molecule has 0 aliphatic carbocycles. The van der Waals surface area contributed by atoms with Crippen molar-refractivity contribution >= 4 is 11.8 Å². The third-order valence-electron chi connectivity index (χ3n) is 6.08. The maximum absolute atomic E-state index is 13.5. The molecular formula is C28H43N3O4. The van der Waals surface area contributed by atoms with Crippen LogP contribution in [0.25, 0.3) is 0 Å². The van der Waals surface area contributed by atoms with E-state index < -0.39 is 5.54 Å². The van der Waals surface area contributed by atoms with Gasteiger partial charge in [0, 0.05) is 44.0 Å². The molecule has 194 valence electrons. The van der Waals surface area contributed by atoms with Gasteiger partial charge in [-0.2, -0.15) is 0 Å². The second-order valence-electron chi connectivity index (χ2n) is 9.89. The molecule has 1 heterocycles. The number of carbonyl (C=O) groups is 2. The molecule has 1 aromatic carbocycles. The van der Waals surface area contributed by atoms with Crippen LogP contribution < -0.4 is 4.74 Å². The number of rotatable bonds is 14. The second-order valence-corrected chi connectivity index (χ2v) is 9.89. The van der Waals surface area contributed by atoms with E-state index in [1.807, 2.05) is 62.2 Å². The molecule has 0 aliphatic heterocycles. The number of methoxy groups -OCH3 is 2. The van der Waals surface area contributed by atoms with Crippen molar-refractivity contribution in [1.82, 2.24) is 14.4 Å². The minimum absolute atomic E-state index is 0.0131. The van der Waals surface area contributed by atoms with Crippen LogP contribution in [0.5, 0.6) is 5.75 Å². The normalized spacial score (nSPS) is 11.4. The number of carbonyl (C=O) groups excluding carboxylic acids is 2. The second kappa shape index (κ2) is 13.9. The number of hydrogen-bond donors (Lipinski definition) is 0. The summed E-state index contributed by atoms with van der Waals surface area (Å²) in [5.74, 6) is 0.771. The van der Waals surface area contributed by atoms with Crippen molar-refractivity contribution in [1.29, 1.82) is 0 Å². The zero-order chi connectivity index (χ0) is 25.8. The molecule has 0 fully saturated rings. The van der Waals surface area contributed by atoms with Gasteiger partial charge in [-0.3, -0.25) is 9.59 Å². The van der Waals surface area contributed by atoms with Crippen LogP contribution in [0.15, 0.2) is 42.6 Å². The number of aromatic nitrogens is 1. The average Bonchev–Trinajstić information content (AvgIpc) is 3.26. The number of unbranched alkanes of at least 4 members (excludes halogenated alkanes) is 2. The summed E-state index contributed by atoms with van der Waals surface area (Å²) >= 11 is 0. The molecule has 0 spiro atoms. The molecular weight excluding hydrogens is 442 g/mol. The molecule has 2 amide bonds. The minimum atomic E-state index is -0.402. The molecule has 1 aromatic heterocycles. The van der Waals surface area contributed by atoms with Gasteiger partial charge in [0.1, 0.15) is 5.75 Å². The highest BCUT2D eigenvalue weighted by Gasteiger charge is 2.29. The Morgan fingerprint density at radius 1 is 1.03 bits per heavy atom. The predicted molar refractivity (Wildman–Crippen MR) is 139 cm³/mol. The fraction of sp³-hybridized carbons (Fsp3) is 0.571. The summed E-state index contributed by atoms with van der Waals surface area (Å²) in [4.78, 5) is 29.9. The topological polar surface area (TPSA) is 64.0 Å². The Morgan fingerprint density at radius 2 is 1.80 bits per heavy atom. The van der Waals surface area contributed by atoms with E-state index in [1.165, 1.54) is 0 Å². The monoisotopic (exact) mass is 485 g/mol. The molecule has 7 heteroatoms. The van der Waals surface area contributed by atoms with Gasteiger partial charge in [0.25, 0.3) is 0 Å². The van der Waals surface area contributed by atoms with E-state index in [-0.39, 0.29) is 18.4 Å². The van der Waals surface area contributed by atoms with E-state index in [2.05, 4.69) is 17.6 Å². The first-order valence-electron chi connectivity index (χ1n) is 12.5. The summed E-state index contributed by atoms with van der Waals surface area (Å²) in [5.41, 5.74) is 1.76. The van der Waals surface area contributed by atoms with Gasteiger partial charge in [0.15, 0.2) is 0 Å². The molecule has 35 heavy (non-hydrogen) atoms. The van der Waals surface area contributed by atoms with Crippen molar-refractivity contribution in [2.45, 2.75) is 72.0 Å². The van der Waals surface area contributed by atoms with Crippen molar-refractivity contribution < 1.29 is 19.1 Å². The lowest BCUT2D eigenvalue weighted by molar-refractivity contribution is -0.144. The Balaban J connectivity index is 2.17. The maximum Gasteiger partial charge on any atom is 0.242 e. The van der Waals surface area contributed by atoms with E-state index in [0.717, 1.165) is 36.3 Å². The van der Waals surface area contributed by atoms with Gasteiger partial charge in [0.05, 0.1) is 26.8 Å². The molecule has 2 aromatic rings. The molecule has 0 unspecified atom stereocenters. The lowest BCUT2D eigenvalue weighted by Crippen LogP contribution is -2.50. The summed E-state index contributed by atoms with van der Waals surface area (Å²) in [7, 11) is 3.27. The van der Waals surface area contributed by atoms with E-state index in [0.29, 0.717) is 32.7 Å². The molecule has 7 nitrogen and oxygen atoms in total. The smallest absolute Gasteiger partial charge is 0.242 e. The molecule has 0 saturated heterocycles. The van der Waals surface area contributed by atoms with Crippen molar-refractivity contribution in [2.75, 3.05) is 33.9 Å². The van der Waals surface area contributed by atoms with Crippen LogP contribution in [-0.4, -0.2) is 65.6 Å². The molecule has 0 atom stereocenters. The van der Waals surface area contributed by atoms with Gasteiger partial charge in [-0.15, -0.1) is 0 Å². The molecule has 0 aliphatic rings. The van der Waals surface area contributed by atoms with Gasteiger partial charge in [-0.1, -0.05) is 31.9 Å². The van der Waals surface area contributed by atoms with Crippen LogP contribution in [0.2, 0.25) is 0 Å². The Bertz CT molecular complexity index is 932. The van der Waals surface area contributed by atoms with E-state index >= 15 is 0 Å². The highest BCUT2D eigenvalue weighted by Crippen LogP contribution is 2.21. The van der Waals surface area contributed by atoms with Crippen molar-refractivity contribution in [3.05, 3.63) is 53.9 Å². The highest BCUT2D eigenvalue weighted by atomic mass is 16.5. The van der Waals surface area contributed by atoms with Gasteiger partial charge in [-0.25, -0.2) is 0 Å². The van der Waals surface area contributed by atoms with E-state index in [9.17, 15) is 9.59 Å². The molecule has 0 N–H and O–H groups in total. The van der Waals surface area contributed by atoms with Crippen molar-refractivity contribution in [3.8, 4) is 5.75 Å². The number of nitrogens with zero attached hydrogens (tertiary/aromatic N) is 3. The summed E-state index contributed by atoms with van der Waals surface area (Å²) in [6.07, 6.45) is 5.40. The Kier molecular flexibility index (Phi) is 11.3. The van der Waals surface area contributed by atoms with Crippen LogP contribution >= 0.6 is 0 Å². The highest BCUT2D eigenvalue weighted by molar-refractivity contribution is 5.85. The van der Waals surface area contributed by atoms with Gasteiger partial charge < -0.3 is 23.8 Å². The Hall–Kier alpha value is -2.80. The number of benzene rings is 1. The number of hydrogen-bond acceptors (Lipinski definition) is 4. The lowest BCUT2D eigenvalue weighted by atomic mass is 10.1. The van der Waals surface area contributed by atoms with Crippen LogP contribution in [0.4, 0.5) is 0 Å². The maximum atomic E-state index is 13.5. The van der Waals surface area contributed by atoms with Gasteiger partial charge in [0.2, 0.25) is 11.8 Å². The minimum Gasteiger partial charge on any atom is -0.497 e. The summed E-state index contributed by atoms with van der Waals surface area (Å²) < 4.78 is 12.7. The molecule has 0 bridgehead atoms. The van der Waals surface area contributed by atoms with Gasteiger partial charge >= 0.3 is 0 Å². The molecule has 0 saturated carbocycles. The standard InChI is InChI=1S/C28H43N3O4/c1-7-8-9-15-26(32)30(17-18-34-5)22-27(33)31(28(2,3)4)21-24-13-11-16-29(24)20-23-12-10-14-25(19-23)35-6/h10-14,16,19H,7-9,15,17-18,20-22H2,1-6H3. The first-order valence-corrected chi connectivity index (χ1v) is 12.5. The SMILES string of the molecule is CCCCCC(=O)N(CCOC)CC(=O)N(Cc1cccn1Cc1cccc(OC)c1)C(C)(C)C. The Labute approximate surface area is 211 Å². The van der Waals surface area contributed by atoms with Gasteiger partial charge in [-0.05, 0) is 57.0 Å². The first kappa shape index (κ1) is 28.4. The Morgan fingerprint density at radius 3 is 2.46 bits per heavy atom. The zero-order valence-electron chi connectivity index (χ0n) is 22.4. The third kappa shape index (κ3) is 9.06. The van der Waals surface area contributed by atoms with Crippen LogP contribution in [0.3, 0.4) is 0 Å². The first-order chi connectivity index (χ1) is 16.7. The van der Waals surface area contributed by atoms with E-state index in [1.54, 1.807) is 19.1 Å². The zero-order valence-corrected chi connectivity index (χ0v) is 22.4. The van der Waals surface area contributed by atoms with E-state index in [4.69, 9.17) is 9.47 Å². The summed E-state index contributed by atoms with van der Waals surface area (Å²) in [5, 5.41) is 0. The van der Waals surface area contributed by atoms with Crippen LogP contribution in [0.1, 0.15) is 64.6 Å². The van der Waals surface area contributed by atoms with Crippen LogP contribution in [0, 0.1) is 0 Å². The summed E-state index contributed by atoms with van der Waals surface area (Å²) in [6, 6.07) is 12.0. The lowest BCUT2D eigenvalue weighted by Gasteiger charge is -2.37. The molecule has 0 radical (unpaired) electrons. The number of ether oxygens (including phenoxy) is 2. The summed E-state index contributed by atoms with van der Waals surface area (Å²) in [6.45, 7) is 10.2. The van der Waals surface area contributed by atoms with Crippen molar-refractivity contribution in [3.63, 3.8) is 0 Å². The third-order valence-corrected chi connectivity index (χ3v) is 6.08. The molecule has 2 rings (SSSR count). The number of amides is 2. The van der Waals surface area contributed by atoms with Crippen molar-refractivity contribution in [2.24, 2.45) is 0 Å². The predicted octanol–water partition coefficient (Wildman–Crippen LogP) is 4.73. The average molecular weight is 486 g/mol. The fourth-order valence-electron chi connectivity index (χ4n) is 4.00. The van der Waals surface area contributed by atoms with Crippen LogP contribution in [-0.2, 0) is 27.4 Å².